The van der Waals surface area contributed by atoms with Crippen LogP contribution < -0.4 is 11.1 Å². The first-order chi connectivity index (χ1) is 26.7. The summed E-state index contributed by atoms with van der Waals surface area (Å²) >= 11 is 0. The molecule has 4 atom stereocenters. The van der Waals surface area contributed by atoms with Crippen LogP contribution in [0.5, 0.6) is 0 Å². The van der Waals surface area contributed by atoms with Gasteiger partial charge in [-0.3, -0.25) is 14.4 Å². The number of aromatic amines is 1. The molecule has 5 aromatic rings. The van der Waals surface area contributed by atoms with Crippen LogP contribution in [0.25, 0.3) is 33.8 Å². The van der Waals surface area contributed by atoms with Crippen molar-refractivity contribution in [3.63, 3.8) is 0 Å². The molecule has 1 aliphatic carbocycles. The third-order valence-corrected chi connectivity index (χ3v) is 11.4. The van der Waals surface area contributed by atoms with Gasteiger partial charge in [-0.25, -0.2) is 9.97 Å². The number of anilines is 1. The van der Waals surface area contributed by atoms with E-state index in [0.29, 0.717) is 43.3 Å². The van der Waals surface area contributed by atoms with Gasteiger partial charge in [0.1, 0.15) is 17.9 Å². The number of benzene rings is 3. The summed E-state index contributed by atoms with van der Waals surface area (Å²) in [5.41, 5.74) is 13.0. The number of carbonyl (C=O) groups excluding carboxylic acids is 3. The van der Waals surface area contributed by atoms with Gasteiger partial charge < -0.3 is 30.3 Å². The van der Waals surface area contributed by atoms with Crippen LogP contribution in [0.2, 0.25) is 0 Å². The number of piperidine rings is 1. The highest BCUT2D eigenvalue weighted by Gasteiger charge is 2.38. The van der Waals surface area contributed by atoms with E-state index in [1.807, 2.05) is 90.7 Å². The molecule has 0 bridgehead atoms. The van der Waals surface area contributed by atoms with E-state index in [9.17, 15) is 14.4 Å². The number of fused-ring (bicyclic) bond motifs is 1. The first-order valence-electron chi connectivity index (χ1n) is 19.4. The van der Waals surface area contributed by atoms with Gasteiger partial charge in [0, 0.05) is 29.9 Å². The number of aromatic nitrogens is 3. The Morgan fingerprint density at radius 2 is 1.87 bits per heavy atom. The fourth-order valence-electron chi connectivity index (χ4n) is 8.27. The second kappa shape index (κ2) is 15.5. The lowest BCUT2D eigenvalue weighted by molar-refractivity contribution is -0.140. The standard InChI is InChI=1S/C44H47N7O4/c1-27-21-23-51(38(52)24-29-12-5-3-6-13-29)40(27)41-47-34-20-19-31(25-35(34)48-41)37-26-46-43(55-37)32-16-11-17-33(28(32)2)49-42(53)36-18-9-10-22-50(36)44(54)39(45)30-14-7-4-8-15-30/h3-7,11-14,16-17,19-20,25-27,36,39-40H,8-10,15,18,21-24,45H2,1-2H3,(H,47,48)(H,49,53)/t27?,36-,39+,40-/m0/s1. The number of hydrogen-bond acceptors (Lipinski definition) is 7. The van der Waals surface area contributed by atoms with Crippen molar-refractivity contribution in [3.8, 4) is 22.8 Å². The molecule has 3 aromatic carbocycles. The van der Waals surface area contributed by atoms with E-state index in [2.05, 4.69) is 28.3 Å². The van der Waals surface area contributed by atoms with E-state index in [1.54, 1.807) is 11.1 Å². The van der Waals surface area contributed by atoms with Crippen molar-refractivity contribution in [1.29, 1.82) is 0 Å². The zero-order valence-corrected chi connectivity index (χ0v) is 31.3. The van der Waals surface area contributed by atoms with Crippen LogP contribution in [0.1, 0.15) is 68.4 Å². The van der Waals surface area contributed by atoms with Crippen molar-refractivity contribution < 1.29 is 18.8 Å². The summed E-state index contributed by atoms with van der Waals surface area (Å²) in [4.78, 5) is 57.4. The van der Waals surface area contributed by atoms with Gasteiger partial charge >= 0.3 is 0 Å². The Labute approximate surface area is 320 Å². The third-order valence-electron chi connectivity index (χ3n) is 11.4. The van der Waals surface area contributed by atoms with Gasteiger partial charge in [0.05, 0.1) is 29.7 Å². The van der Waals surface area contributed by atoms with E-state index >= 15 is 0 Å². The Bertz CT molecular complexity index is 2290. The normalized spacial score (nSPS) is 20.4. The zero-order chi connectivity index (χ0) is 38.1. The Hall–Kier alpha value is -5.81. The molecule has 0 radical (unpaired) electrons. The molecule has 3 amide bonds. The molecule has 8 rings (SSSR count). The number of imidazole rings is 1. The van der Waals surface area contributed by atoms with Crippen LogP contribution in [0, 0.1) is 12.8 Å². The van der Waals surface area contributed by atoms with E-state index in [1.165, 1.54) is 0 Å². The molecule has 2 saturated heterocycles. The van der Waals surface area contributed by atoms with Crippen LogP contribution in [0.3, 0.4) is 0 Å². The number of allylic oxidation sites excluding steroid dienone is 3. The molecular weight excluding hydrogens is 691 g/mol. The van der Waals surface area contributed by atoms with Gasteiger partial charge in [0.2, 0.25) is 23.6 Å². The number of carbonyl (C=O) groups is 3. The summed E-state index contributed by atoms with van der Waals surface area (Å²) in [6.45, 7) is 5.31. The third kappa shape index (κ3) is 7.36. The van der Waals surface area contributed by atoms with E-state index in [0.717, 1.165) is 76.8 Å². The number of nitrogens with zero attached hydrogens (tertiary/aromatic N) is 4. The minimum atomic E-state index is -0.749. The van der Waals surface area contributed by atoms with Gasteiger partial charge in [-0.1, -0.05) is 61.5 Å². The molecule has 0 saturated carbocycles. The molecule has 1 unspecified atom stereocenters. The van der Waals surface area contributed by atoms with Crippen LogP contribution in [-0.2, 0) is 20.8 Å². The van der Waals surface area contributed by atoms with Gasteiger partial charge in [-0.05, 0) is 98.4 Å². The second-order valence-corrected chi connectivity index (χ2v) is 15.0. The van der Waals surface area contributed by atoms with Crippen LogP contribution >= 0.6 is 0 Å². The Morgan fingerprint density at radius 3 is 2.69 bits per heavy atom. The molecule has 4 heterocycles. The maximum Gasteiger partial charge on any atom is 0.247 e. The van der Waals surface area contributed by atoms with Crippen molar-refractivity contribution >= 4 is 34.4 Å². The van der Waals surface area contributed by atoms with Crippen molar-refractivity contribution in [1.82, 2.24) is 24.8 Å². The summed E-state index contributed by atoms with van der Waals surface area (Å²) in [7, 11) is 0. The molecule has 11 heteroatoms. The number of amides is 3. The number of rotatable bonds is 9. The van der Waals surface area contributed by atoms with Crippen molar-refractivity contribution in [2.75, 3.05) is 18.4 Å². The van der Waals surface area contributed by atoms with E-state index < -0.39 is 12.1 Å². The maximum atomic E-state index is 13.8. The Kier molecular flexibility index (Phi) is 10.2. The summed E-state index contributed by atoms with van der Waals surface area (Å²) in [6, 6.07) is 19.9. The lowest BCUT2D eigenvalue weighted by atomic mass is 9.94. The average Bonchev–Trinajstić information content (AvgIpc) is 3.97. The SMILES string of the molecule is Cc1c(NC(=O)[C@@H]2CCCCN2C(=O)[C@H](N)C2=CC=CCC2)cccc1-c1ncc(-c2ccc3nc([C@@H]4C(C)CCN4C(=O)Cc4ccccc4)[nH]c3c2)o1. The lowest BCUT2D eigenvalue weighted by Crippen LogP contribution is -2.55. The minimum Gasteiger partial charge on any atom is -0.436 e. The molecule has 2 aliphatic heterocycles. The number of nitrogens with two attached hydrogens (primary N) is 1. The van der Waals surface area contributed by atoms with Gasteiger partial charge in [0.25, 0.3) is 0 Å². The van der Waals surface area contributed by atoms with Gasteiger partial charge in [-0.2, -0.15) is 0 Å². The number of H-pyrrole nitrogens is 1. The summed E-state index contributed by atoms with van der Waals surface area (Å²) in [5, 5.41) is 3.10. The summed E-state index contributed by atoms with van der Waals surface area (Å²) in [5.74, 6) is 1.75. The molecule has 4 N–H and O–H groups in total. The molecule has 282 valence electrons. The molecule has 2 aromatic heterocycles. The number of hydrogen-bond donors (Lipinski definition) is 3. The summed E-state index contributed by atoms with van der Waals surface area (Å²) < 4.78 is 6.34. The van der Waals surface area contributed by atoms with Crippen LogP contribution in [0.15, 0.2) is 101 Å². The topological polar surface area (TPSA) is 150 Å². The van der Waals surface area contributed by atoms with Crippen LogP contribution in [-0.4, -0.2) is 67.6 Å². The first-order valence-corrected chi connectivity index (χ1v) is 19.4. The monoisotopic (exact) mass is 737 g/mol. The van der Waals surface area contributed by atoms with Gasteiger partial charge in [-0.15, -0.1) is 0 Å². The lowest BCUT2D eigenvalue weighted by Gasteiger charge is -2.36. The number of oxazole rings is 1. The predicted octanol–water partition coefficient (Wildman–Crippen LogP) is 7.27. The van der Waals surface area contributed by atoms with E-state index in [-0.39, 0.29) is 29.7 Å². The Balaban J connectivity index is 0.979. The van der Waals surface area contributed by atoms with Gasteiger partial charge in [0.15, 0.2) is 5.76 Å². The zero-order valence-electron chi connectivity index (χ0n) is 31.3. The average molecular weight is 738 g/mol. The number of nitrogens with one attached hydrogen (secondary N) is 2. The molecule has 3 aliphatic rings. The molecule has 2 fully saturated rings. The maximum absolute atomic E-state index is 13.8. The van der Waals surface area contributed by atoms with Crippen LogP contribution in [0.4, 0.5) is 5.69 Å². The minimum absolute atomic E-state index is 0.103. The van der Waals surface area contributed by atoms with Crippen molar-refractivity contribution in [2.24, 2.45) is 11.7 Å². The number of likely N-dealkylation sites (tertiary alicyclic amines) is 2. The highest BCUT2D eigenvalue weighted by atomic mass is 16.4. The summed E-state index contributed by atoms with van der Waals surface area (Å²) in [6.07, 6.45) is 12.8. The van der Waals surface area contributed by atoms with E-state index in [4.69, 9.17) is 15.1 Å². The van der Waals surface area contributed by atoms with Crippen molar-refractivity contribution in [3.05, 3.63) is 114 Å². The highest BCUT2D eigenvalue weighted by molar-refractivity contribution is 5.99. The fraction of sp³-hybridized carbons (Fsp3) is 0.341. The largest absolute Gasteiger partial charge is 0.436 e. The fourth-order valence-corrected chi connectivity index (χ4v) is 8.27. The highest BCUT2D eigenvalue weighted by Crippen LogP contribution is 2.38. The van der Waals surface area contributed by atoms with Crippen molar-refractivity contribution in [2.45, 2.75) is 76.9 Å². The smallest absolute Gasteiger partial charge is 0.247 e. The first kappa shape index (κ1) is 36.2. The predicted molar refractivity (Wildman–Crippen MR) is 213 cm³/mol. The molecule has 0 spiro atoms. The second-order valence-electron chi connectivity index (χ2n) is 15.0. The molecular formula is C44H47N7O4. The Morgan fingerprint density at radius 1 is 1.02 bits per heavy atom. The molecule has 11 nitrogen and oxygen atoms in total. The molecule has 55 heavy (non-hydrogen) atoms. The quantitative estimate of drug-likeness (QED) is 0.144.